The van der Waals surface area contributed by atoms with E-state index < -0.39 is 0 Å². The molecular weight excluding hydrogens is 200 g/mol. The maximum atomic E-state index is 5.98. The van der Waals surface area contributed by atoms with Gasteiger partial charge in [0.05, 0.1) is 5.39 Å². The van der Waals surface area contributed by atoms with E-state index in [1.165, 1.54) is 24.0 Å². The Morgan fingerprint density at radius 2 is 1.88 bits per heavy atom. The molecule has 0 saturated heterocycles. The van der Waals surface area contributed by atoms with Crippen molar-refractivity contribution in [3.8, 4) is 0 Å². The molecule has 0 atom stereocenters. The molecular formula is C12H16N4. The molecule has 0 saturated carbocycles. The first-order chi connectivity index (χ1) is 7.68. The van der Waals surface area contributed by atoms with Crippen molar-refractivity contribution in [2.45, 2.75) is 32.6 Å². The third-order valence-corrected chi connectivity index (χ3v) is 3.52. The quantitative estimate of drug-likeness (QED) is 0.729. The van der Waals surface area contributed by atoms with Crippen molar-refractivity contribution in [3.05, 3.63) is 16.8 Å². The molecule has 0 aromatic carbocycles. The third kappa shape index (κ3) is 1.16. The number of pyridine rings is 1. The fraction of sp³-hybridized carbons (Fsp3) is 0.500. The van der Waals surface area contributed by atoms with Gasteiger partial charge in [-0.2, -0.15) is 5.10 Å². The molecule has 0 aliphatic heterocycles. The fourth-order valence-electron chi connectivity index (χ4n) is 2.76. The summed E-state index contributed by atoms with van der Waals surface area (Å²) in [6, 6.07) is 0. The first-order valence-electron chi connectivity index (χ1n) is 5.79. The van der Waals surface area contributed by atoms with E-state index in [0.717, 1.165) is 29.6 Å². The number of nitrogens with two attached hydrogens (primary N) is 1. The van der Waals surface area contributed by atoms with Crippen LogP contribution in [0.5, 0.6) is 0 Å². The van der Waals surface area contributed by atoms with E-state index in [9.17, 15) is 0 Å². The van der Waals surface area contributed by atoms with E-state index in [1.54, 1.807) is 4.68 Å². The normalized spacial score (nSPS) is 15.4. The second kappa shape index (κ2) is 3.20. The molecule has 3 rings (SSSR count). The fourth-order valence-corrected chi connectivity index (χ4v) is 2.76. The highest BCUT2D eigenvalue weighted by Crippen LogP contribution is 2.32. The van der Waals surface area contributed by atoms with Crippen LogP contribution in [0.4, 0.5) is 5.82 Å². The Bertz CT molecular complexity index is 568. The number of fused-ring (bicyclic) bond motifs is 3. The Morgan fingerprint density at radius 3 is 2.62 bits per heavy atom. The summed E-state index contributed by atoms with van der Waals surface area (Å²) in [6.07, 6.45) is 4.77. The molecule has 4 heteroatoms. The van der Waals surface area contributed by atoms with Crippen LogP contribution < -0.4 is 5.73 Å². The maximum absolute atomic E-state index is 5.98. The van der Waals surface area contributed by atoms with Crippen molar-refractivity contribution in [3.63, 3.8) is 0 Å². The van der Waals surface area contributed by atoms with Gasteiger partial charge in [-0.3, -0.25) is 0 Å². The average Bonchev–Trinajstić information content (AvgIpc) is 2.55. The van der Waals surface area contributed by atoms with E-state index in [2.05, 4.69) is 17.0 Å². The van der Waals surface area contributed by atoms with Crippen molar-refractivity contribution in [2.75, 3.05) is 5.73 Å². The lowest BCUT2D eigenvalue weighted by Gasteiger charge is -2.18. The minimum absolute atomic E-state index is 0.628. The van der Waals surface area contributed by atoms with Crippen LogP contribution in [0.1, 0.15) is 29.7 Å². The van der Waals surface area contributed by atoms with Gasteiger partial charge in [-0.25, -0.2) is 9.67 Å². The van der Waals surface area contributed by atoms with Crippen molar-refractivity contribution >= 4 is 16.9 Å². The largest absolute Gasteiger partial charge is 0.382 e. The summed E-state index contributed by atoms with van der Waals surface area (Å²) >= 11 is 0. The highest BCUT2D eigenvalue weighted by molar-refractivity contribution is 5.91. The molecule has 4 nitrogen and oxygen atoms in total. The number of anilines is 1. The lowest BCUT2D eigenvalue weighted by molar-refractivity contribution is 0.682. The Kier molecular flexibility index (Phi) is 1.93. The van der Waals surface area contributed by atoms with Crippen LogP contribution in [-0.4, -0.2) is 14.8 Å². The average molecular weight is 216 g/mol. The molecule has 0 spiro atoms. The van der Waals surface area contributed by atoms with Crippen LogP contribution in [0.2, 0.25) is 0 Å². The van der Waals surface area contributed by atoms with Gasteiger partial charge >= 0.3 is 0 Å². The first kappa shape index (κ1) is 9.63. The second-order valence-corrected chi connectivity index (χ2v) is 4.57. The molecule has 0 radical (unpaired) electrons. The SMILES string of the molecule is Cc1nc2c(c(N)nn2C)c2c1CCCC2. The molecule has 2 aromatic heterocycles. The maximum Gasteiger partial charge on any atom is 0.160 e. The Labute approximate surface area is 94.5 Å². The Morgan fingerprint density at radius 1 is 1.19 bits per heavy atom. The molecule has 0 fully saturated rings. The molecule has 16 heavy (non-hydrogen) atoms. The predicted octanol–water partition coefficient (Wildman–Crippen LogP) is 1.74. The molecule has 2 N–H and O–H groups in total. The minimum Gasteiger partial charge on any atom is -0.382 e. The zero-order valence-corrected chi connectivity index (χ0v) is 9.75. The number of rotatable bonds is 0. The second-order valence-electron chi connectivity index (χ2n) is 4.57. The van der Waals surface area contributed by atoms with E-state index in [1.807, 2.05) is 7.05 Å². The molecule has 0 bridgehead atoms. The van der Waals surface area contributed by atoms with E-state index in [0.29, 0.717) is 5.82 Å². The number of hydrogen-bond donors (Lipinski definition) is 1. The van der Waals surface area contributed by atoms with Gasteiger partial charge in [0.25, 0.3) is 0 Å². The first-order valence-corrected chi connectivity index (χ1v) is 5.79. The van der Waals surface area contributed by atoms with Crippen molar-refractivity contribution in [2.24, 2.45) is 7.05 Å². The zero-order chi connectivity index (χ0) is 11.3. The van der Waals surface area contributed by atoms with Crippen molar-refractivity contribution in [1.82, 2.24) is 14.8 Å². The standard InChI is InChI=1S/C12H16N4/c1-7-8-5-3-4-6-9(8)10-11(13)15-16(2)12(10)14-7/h3-6H2,1-2H3,(H2,13,15). The molecule has 1 aliphatic carbocycles. The van der Waals surface area contributed by atoms with Crippen LogP contribution in [-0.2, 0) is 19.9 Å². The van der Waals surface area contributed by atoms with Gasteiger partial charge in [-0.15, -0.1) is 0 Å². The van der Waals surface area contributed by atoms with Crippen LogP contribution in [0, 0.1) is 6.92 Å². The highest BCUT2D eigenvalue weighted by Gasteiger charge is 2.20. The number of aryl methyl sites for hydroxylation is 3. The monoisotopic (exact) mass is 216 g/mol. The summed E-state index contributed by atoms with van der Waals surface area (Å²) in [4.78, 5) is 4.63. The lowest BCUT2D eigenvalue weighted by atomic mass is 9.89. The highest BCUT2D eigenvalue weighted by atomic mass is 15.3. The topological polar surface area (TPSA) is 56.7 Å². The van der Waals surface area contributed by atoms with Crippen LogP contribution in [0.15, 0.2) is 0 Å². The number of nitrogens with zero attached hydrogens (tertiary/aromatic N) is 3. The number of aromatic nitrogens is 3. The van der Waals surface area contributed by atoms with Crippen molar-refractivity contribution in [1.29, 1.82) is 0 Å². The van der Waals surface area contributed by atoms with Crippen LogP contribution >= 0.6 is 0 Å². The molecule has 0 amide bonds. The van der Waals surface area contributed by atoms with Gasteiger partial charge in [0.15, 0.2) is 11.5 Å². The van der Waals surface area contributed by atoms with Gasteiger partial charge in [-0.05, 0) is 43.7 Å². The smallest absolute Gasteiger partial charge is 0.160 e. The van der Waals surface area contributed by atoms with Crippen LogP contribution in [0.3, 0.4) is 0 Å². The summed E-state index contributed by atoms with van der Waals surface area (Å²) in [7, 11) is 1.90. The van der Waals surface area contributed by atoms with Gasteiger partial charge < -0.3 is 5.73 Å². The van der Waals surface area contributed by atoms with Gasteiger partial charge in [0.2, 0.25) is 0 Å². The molecule has 2 heterocycles. The number of hydrogen-bond acceptors (Lipinski definition) is 3. The minimum atomic E-state index is 0.628. The van der Waals surface area contributed by atoms with E-state index >= 15 is 0 Å². The summed E-state index contributed by atoms with van der Waals surface area (Å²) < 4.78 is 1.78. The van der Waals surface area contributed by atoms with E-state index in [4.69, 9.17) is 5.73 Å². The van der Waals surface area contributed by atoms with Gasteiger partial charge in [0, 0.05) is 12.7 Å². The third-order valence-electron chi connectivity index (χ3n) is 3.52. The van der Waals surface area contributed by atoms with Crippen LogP contribution in [0.25, 0.3) is 11.0 Å². The summed E-state index contributed by atoms with van der Waals surface area (Å²) in [6.45, 7) is 2.09. The van der Waals surface area contributed by atoms with Gasteiger partial charge in [-0.1, -0.05) is 0 Å². The zero-order valence-electron chi connectivity index (χ0n) is 9.75. The summed E-state index contributed by atoms with van der Waals surface area (Å²) in [5.74, 6) is 0.628. The molecule has 1 aliphatic rings. The van der Waals surface area contributed by atoms with E-state index in [-0.39, 0.29) is 0 Å². The summed E-state index contributed by atoms with van der Waals surface area (Å²) in [5, 5.41) is 5.36. The molecule has 2 aromatic rings. The number of nitrogen functional groups attached to an aromatic ring is 1. The Hall–Kier alpha value is -1.58. The van der Waals surface area contributed by atoms with Crippen molar-refractivity contribution < 1.29 is 0 Å². The van der Waals surface area contributed by atoms with Gasteiger partial charge in [0.1, 0.15) is 0 Å². The summed E-state index contributed by atoms with van der Waals surface area (Å²) in [5.41, 5.74) is 10.8. The molecule has 84 valence electrons. The Balaban J connectivity index is 2.44. The lowest BCUT2D eigenvalue weighted by Crippen LogP contribution is -2.08. The predicted molar refractivity (Wildman–Crippen MR) is 64.3 cm³/mol. The molecule has 0 unspecified atom stereocenters.